The Kier molecular flexibility index (Phi) is 6.98. The van der Waals surface area contributed by atoms with Crippen LogP contribution in [0.2, 0.25) is 0 Å². The Morgan fingerprint density at radius 2 is 1.87 bits per heavy atom. The van der Waals surface area contributed by atoms with Gasteiger partial charge in [0.15, 0.2) is 6.10 Å². The summed E-state index contributed by atoms with van der Waals surface area (Å²) in [4.78, 5) is 34.3. The molecular formula is C19H17F3N2O6. The molecule has 0 fully saturated rings. The number of carbonyl (C=O) groups excluding carboxylic acids is 2. The van der Waals surface area contributed by atoms with Crippen molar-refractivity contribution in [2.45, 2.75) is 26.1 Å². The summed E-state index contributed by atoms with van der Waals surface area (Å²) in [5.74, 6) is -1.72. The van der Waals surface area contributed by atoms with Gasteiger partial charge in [-0.05, 0) is 32.0 Å². The van der Waals surface area contributed by atoms with Gasteiger partial charge in [-0.15, -0.1) is 0 Å². The molecule has 2 aromatic rings. The molecule has 0 unspecified atom stereocenters. The molecule has 0 saturated heterocycles. The summed E-state index contributed by atoms with van der Waals surface area (Å²) in [5, 5.41) is 12.7. The number of rotatable bonds is 7. The average Bonchev–Trinajstić information content (AvgIpc) is 2.67. The number of esters is 1. The molecule has 0 aromatic heterocycles. The van der Waals surface area contributed by atoms with Crippen molar-refractivity contribution in [1.82, 2.24) is 0 Å². The third-order valence-corrected chi connectivity index (χ3v) is 3.84. The summed E-state index contributed by atoms with van der Waals surface area (Å²) in [6.07, 6.45) is -6.41. The lowest BCUT2D eigenvalue weighted by atomic mass is 10.1. The molecule has 0 aliphatic rings. The summed E-state index contributed by atoms with van der Waals surface area (Å²) in [5.41, 5.74) is -2.83. The minimum Gasteiger partial charge on any atom is -0.493 e. The lowest BCUT2D eigenvalue weighted by Gasteiger charge is -2.17. The normalized spacial score (nSPS) is 12.0. The lowest BCUT2D eigenvalue weighted by molar-refractivity contribution is -0.385. The largest absolute Gasteiger partial charge is 0.493 e. The van der Waals surface area contributed by atoms with Gasteiger partial charge in [-0.2, -0.15) is 13.2 Å². The second-order valence-corrected chi connectivity index (χ2v) is 5.95. The number of nitrogens with one attached hydrogen (secondary N) is 1. The SMILES string of the molecule is CCOc1ccccc1C(=O)O[C@H](C)C(=O)Nc1ccc([N+](=O)[O-])cc1C(F)(F)F. The summed E-state index contributed by atoms with van der Waals surface area (Å²) in [7, 11) is 0. The van der Waals surface area contributed by atoms with Crippen molar-refractivity contribution >= 4 is 23.3 Å². The first-order chi connectivity index (χ1) is 14.0. The maximum atomic E-state index is 13.2. The van der Waals surface area contributed by atoms with Crippen molar-refractivity contribution in [2.75, 3.05) is 11.9 Å². The number of nitro groups is 1. The molecule has 1 atom stereocenters. The van der Waals surface area contributed by atoms with Gasteiger partial charge in [0.1, 0.15) is 11.3 Å². The number of para-hydroxylation sites is 1. The number of hydrogen-bond acceptors (Lipinski definition) is 6. The van der Waals surface area contributed by atoms with Gasteiger partial charge in [0.05, 0.1) is 22.8 Å². The summed E-state index contributed by atoms with van der Waals surface area (Å²) in [6.45, 7) is 3.16. The number of halogens is 3. The molecule has 160 valence electrons. The van der Waals surface area contributed by atoms with E-state index in [0.717, 1.165) is 12.1 Å². The number of non-ortho nitro benzene ring substituents is 1. The van der Waals surface area contributed by atoms with Gasteiger partial charge in [-0.25, -0.2) is 4.79 Å². The van der Waals surface area contributed by atoms with Gasteiger partial charge in [-0.3, -0.25) is 14.9 Å². The number of nitro benzene ring substituents is 1. The minimum absolute atomic E-state index is 0.0466. The Morgan fingerprint density at radius 3 is 2.47 bits per heavy atom. The summed E-state index contributed by atoms with van der Waals surface area (Å²) < 4.78 is 50.0. The molecule has 0 aliphatic heterocycles. The Labute approximate surface area is 168 Å². The van der Waals surface area contributed by atoms with Crippen molar-refractivity contribution in [3.05, 3.63) is 63.7 Å². The summed E-state index contributed by atoms with van der Waals surface area (Å²) >= 11 is 0. The van der Waals surface area contributed by atoms with Crippen LogP contribution >= 0.6 is 0 Å². The number of carbonyl (C=O) groups is 2. The van der Waals surface area contributed by atoms with Crippen LogP contribution in [0.3, 0.4) is 0 Å². The van der Waals surface area contributed by atoms with Crippen LogP contribution in [0.1, 0.15) is 29.8 Å². The third kappa shape index (κ3) is 5.46. The highest BCUT2D eigenvalue weighted by molar-refractivity contribution is 5.98. The highest BCUT2D eigenvalue weighted by Crippen LogP contribution is 2.37. The van der Waals surface area contributed by atoms with E-state index in [2.05, 4.69) is 0 Å². The van der Waals surface area contributed by atoms with Crippen molar-refractivity contribution in [3.8, 4) is 5.75 Å². The highest BCUT2D eigenvalue weighted by Gasteiger charge is 2.36. The van der Waals surface area contributed by atoms with Gasteiger partial charge >= 0.3 is 12.1 Å². The second kappa shape index (κ2) is 9.25. The molecule has 0 saturated carbocycles. The monoisotopic (exact) mass is 426 g/mol. The Bertz CT molecular complexity index is 962. The first kappa shape index (κ1) is 22.7. The number of nitrogens with zero attached hydrogens (tertiary/aromatic N) is 1. The molecule has 0 radical (unpaired) electrons. The van der Waals surface area contributed by atoms with E-state index in [9.17, 15) is 32.9 Å². The highest BCUT2D eigenvalue weighted by atomic mass is 19.4. The van der Waals surface area contributed by atoms with Crippen LogP contribution in [0.15, 0.2) is 42.5 Å². The zero-order valence-electron chi connectivity index (χ0n) is 15.9. The number of alkyl halides is 3. The van der Waals surface area contributed by atoms with Crippen LogP contribution in [0.5, 0.6) is 5.75 Å². The Balaban J connectivity index is 2.18. The Hall–Kier alpha value is -3.63. The van der Waals surface area contributed by atoms with Crippen LogP contribution in [0, 0.1) is 10.1 Å². The lowest BCUT2D eigenvalue weighted by Crippen LogP contribution is -2.31. The van der Waals surface area contributed by atoms with E-state index in [1.54, 1.807) is 19.1 Å². The predicted molar refractivity (Wildman–Crippen MR) is 99.2 cm³/mol. The van der Waals surface area contributed by atoms with E-state index < -0.39 is 46.0 Å². The molecule has 2 aromatic carbocycles. The molecule has 30 heavy (non-hydrogen) atoms. The minimum atomic E-state index is -4.95. The van der Waals surface area contributed by atoms with Crippen molar-refractivity contribution < 1.29 is 37.2 Å². The molecule has 1 N–H and O–H groups in total. The molecule has 0 heterocycles. The van der Waals surface area contributed by atoms with Crippen molar-refractivity contribution in [1.29, 1.82) is 0 Å². The maximum Gasteiger partial charge on any atom is 0.418 e. The molecular weight excluding hydrogens is 409 g/mol. The van der Waals surface area contributed by atoms with Crippen LogP contribution in [-0.4, -0.2) is 29.5 Å². The van der Waals surface area contributed by atoms with Gasteiger partial charge in [0, 0.05) is 12.1 Å². The predicted octanol–water partition coefficient (Wildman–Crippen LogP) is 4.20. The van der Waals surface area contributed by atoms with E-state index >= 15 is 0 Å². The number of benzene rings is 2. The van der Waals surface area contributed by atoms with Gasteiger partial charge < -0.3 is 14.8 Å². The first-order valence-corrected chi connectivity index (χ1v) is 8.64. The zero-order chi connectivity index (χ0) is 22.5. The fourth-order valence-corrected chi connectivity index (χ4v) is 2.42. The fraction of sp³-hybridized carbons (Fsp3) is 0.263. The number of amides is 1. The average molecular weight is 426 g/mol. The van der Waals surface area contributed by atoms with Crippen LogP contribution in [0.25, 0.3) is 0 Å². The first-order valence-electron chi connectivity index (χ1n) is 8.64. The molecule has 11 heteroatoms. The van der Waals surface area contributed by atoms with Gasteiger partial charge in [0.2, 0.25) is 0 Å². The van der Waals surface area contributed by atoms with E-state index in [1.165, 1.54) is 19.1 Å². The molecule has 0 aliphatic carbocycles. The molecule has 8 nitrogen and oxygen atoms in total. The topological polar surface area (TPSA) is 108 Å². The van der Waals surface area contributed by atoms with Crippen LogP contribution < -0.4 is 10.1 Å². The van der Waals surface area contributed by atoms with Crippen LogP contribution in [-0.2, 0) is 15.7 Å². The smallest absolute Gasteiger partial charge is 0.418 e. The quantitative estimate of drug-likeness (QED) is 0.404. The van der Waals surface area contributed by atoms with Crippen LogP contribution in [0.4, 0.5) is 24.5 Å². The number of hydrogen-bond donors (Lipinski definition) is 1. The van der Waals surface area contributed by atoms with E-state index in [1.807, 2.05) is 5.32 Å². The Morgan fingerprint density at radius 1 is 1.20 bits per heavy atom. The molecule has 1 amide bonds. The maximum absolute atomic E-state index is 13.2. The van der Waals surface area contributed by atoms with E-state index in [-0.39, 0.29) is 17.9 Å². The summed E-state index contributed by atoms with van der Waals surface area (Å²) in [6, 6.07) is 8.01. The molecule has 2 rings (SSSR count). The van der Waals surface area contributed by atoms with E-state index in [0.29, 0.717) is 6.07 Å². The number of ether oxygens (including phenoxy) is 2. The van der Waals surface area contributed by atoms with Crippen molar-refractivity contribution in [3.63, 3.8) is 0 Å². The van der Waals surface area contributed by atoms with Gasteiger partial charge in [-0.1, -0.05) is 12.1 Å². The third-order valence-electron chi connectivity index (χ3n) is 3.84. The fourth-order valence-electron chi connectivity index (χ4n) is 2.42. The standard InChI is InChI=1S/C19H17F3N2O6/c1-3-29-16-7-5-4-6-13(16)18(26)30-11(2)17(25)23-15-9-8-12(24(27)28)10-14(15)19(20,21)22/h4-11H,3H2,1-2H3,(H,23,25)/t11-/m1/s1. The van der Waals surface area contributed by atoms with Crippen molar-refractivity contribution in [2.24, 2.45) is 0 Å². The second-order valence-electron chi connectivity index (χ2n) is 5.95. The zero-order valence-corrected chi connectivity index (χ0v) is 15.9. The molecule has 0 spiro atoms. The van der Waals surface area contributed by atoms with E-state index in [4.69, 9.17) is 9.47 Å². The molecule has 0 bridgehead atoms. The van der Waals surface area contributed by atoms with Gasteiger partial charge in [0.25, 0.3) is 11.6 Å². The number of anilines is 1.